The fraction of sp³-hybridized carbons (Fsp3) is 1.00. The molecule has 0 radical (unpaired) electrons. The third-order valence-corrected chi connectivity index (χ3v) is 1.52. The first-order valence-corrected chi connectivity index (χ1v) is 4.62. The molecule has 0 amide bonds. The third-order valence-electron chi connectivity index (χ3n) is 1.52. The van der Waals surface area contributed by atoms with Gasteiger partial charge in [0.05, 0.1) is 25.4 Å². The van der Waals surface area contributed by atoms with Crippen LogP contribution < -0.4 is 16.8 Å². The highest BCUT2D eigenvalue weighted by atomic mass is 16.3. The highest BCUT2D eigenvalue weighted by molar-refractivity contribution is 4.80. The van der Waals surface area contributed by atoms with Crippen molar-refractivity contribution in [3.63, 3.8) is 0 Å². The summed E-state index contributed by atoms with van der Waals surface area (Å²) < 4.78 is 0. The second kappa shape index (κ2) is 10.8. The van der Waals surface area contributed by atoms with Gasteiger partial charge in [-0.25, -0.2) is 0 Å². The molecule has 0 atom stereocenters. The highest BCUT2D eigenvalue weighted by Crippen LogP contribution is 1.93. The molecule has 0 aliphatic rings. The van der Waals surface area contributed by atoms with Crippen LogP contribution in [-0.4, -0.2) is 60.3 Å². The van der Waals surface area contributed by atoms with Crippen LogP contribution >= 0.6 is 0 Å². The van der Waals surface area contributed by atoms with Gasteiger partial charge in [0.25, 0.3) is 0 Å². The quantitative estimate of drug-likeness (QED) is 0.263. The first kappa shape index (κ1) is 16.2. The van der Waals surface area contributed by atoms with Crippen molar-refractivity contribution in [1.82, 2.24) is 5.32 Å². The Hall–Kier alpha value is -0.240. The summed E-state index contributed by atoms with van der Waals surface area (Å²) in [6.07, 6.45) is 0. The largest absolute Gasteiger partial charge is 0.394 e. The fourth-order valence-electron chi connectivity index (χ4n) is 0.429. The minimum absolute atomic E-state index is 0.403. The zero-order valence-electron chi connectivity index (χ0n) is 8.74. The Morgan fingerprint density at radius 2 is 1.57 bits per heavy atom. The van der Waals surface area contributed by atoms with Gasteiger partial charge in [-0.15, -0.1) is 0 Å². The lowest BCUT2D eigenvalue weighted by Crippen LogP contribution is -2.50. The Kier molecular flexibility index (Phi) is 12.5. The van der Waals surface area contributed by atoms with Gasteiger partial charge in [0.15, 0.2) is 0 Å². The predicted octanol–water partition coefficient (Wildman–Crippen LogP) is -2.78. The Morgan fingerprint density at radius 3 is 1.64 bits per heavy atom. The molecule has 0 saturated heterocycles. The van der Waals surface area contributed by atoms with Gasteiger partial charge >= 0.3 is 0 Å². The molecular formula is C8H23N3O3. The van der Waals surface area contributed by atoms with Gasteiger partial charge in [0.2, 0.25) is 0 Å². The van der Waals surface area contributed by atoms with Crippen molar-refractivity contribution >= 4 is 0 Å². The van der Waals surface area contributed by atoms with E-state index in [1.54, 1.807) is 0 Å². The van der Waals surface area contributed by atoms with Gasteiger partial charge < -0.3 is 32.1 Å². The molecule has 0 bridgehead atoms. The summed E-state index contributed by atoms with van der Waals surface area (Å²) in [5.41, 5.74) is 9.09. The molecule has 0 aliphatic carbocycles. The van der Waals surface area contributed by atoms with Crippen molar-refractivity contribution in [3.8, 4) is 0 Å². The molecule has 0 rings (SSSR count). The van der Waals surface area contributed by atoms with Crippen molar-refractivity contribution in [3.05, 3.63) is 0 Å². The lowest BCUT2D eigenvalue weighted by Gasteiger charge is -2.20. The first-order chi connectivity index (χ1) is 6.60. The molecule has 8 N–H and O–H groups in total. The SMILES string of the molecule is CCNCCN.NC(CO)(CO)CO. The second-order valence-electron chi connectivity index (χ2n) is 2.98. The molecular weight excluding hydrogens is 186 g/mol. The standard InChI is InChI=1S/C4H12N2.C4H11NO3/c1-2-6-4-3-5;5-4(1-6,2-7)3-8/h6H,2-5H2,1H3;6-8H,1-3,5H2. The second-order valence-corrected chi connectivity index (χ2v) is 2.98. The molecule has 0 fully saturated rings. The summed E-state index contributed by atoms with van der Waals surface area (Å²) in [7, 11) is 0. The van der Waals surface area contributed by atoms with E-state index in [1.165, 1.54) is 0 Å². The van der Waals surface area contributed by atoms with E-state index in [0.29, 0.717) is 0 Å². The van der Waals surface area contributed by atoms with E-state index in [2.05, 4.69) is 12.2 Å². The summed E-state index contributed by atoms with van der Waals surface area (Å²) in [5, 5.41) is 28.1. The summed E-state index contributed by atoms with van der Waals surface area (Å²) in [6.45, 7) is 3.57. The molecule has 0 aliphatic heterocycles. The van der Waals surface area contributed by atoms with Gasteiger partial charge in [-0.1, -0.05) is 6.92 Å². The summed E-state index contributed by atoms with van der Waals surface area (Å²) in [5.74, 6) is 0. The van der Waals surface area contributed by atoms with E-state index in [0.717, 1.165) is 19.6 Å². The average Bonchev–Trinajstić information content (AvgIpc) is 2.26. The molecule has 0 aromatic carbocycles. The maximum Gasteiger partial charge on any atom is 0.0856 e. The van der Waals surface area contributed by atoms with Crippen LogP contribution in [0.25, 0.3) is 0 Å². The average molecular weight is 209 g/mol. The number of hydrogen-bond acceptors (Lipinski definition) is 6. The van der Waals surface area contributed by atoms with E-state index in [-0.39, 0.29) is 0 Å². The number of nitrogens with two attached hydrogens (primary N) is 2. The molecule has 0 spiro atoms. The van der Waals surface area contributed by atoms with Crippen LogP contribution in [0.5, 0.6) is 0 Å². The Labute approximate surface area is 84.9 Å². The maximum atomic E-state index is 8.34. The van der Waals surface area contributed by atoms with Crippen molar-refractivity contribution in [2.24, 2.45) is 11.5 Å². The van der Waals surface area contributed by atoms with Crippen molar-refractivity contribution in [2.45, 2.75) is 12.5 Å². The lowest BCUT2D eigenvalue weighted by atomic mass is 10.1. The predicted molar refractivity (Wildman–Crippen MR) is 55.8 cm³/mol. The van der Waals surface area contributed by atoms with E-state index in [9.17, 15) is 0 Å². The molecule has 6 nitrogen and oxygen atoms in total. The van der Waals surface area contributed by atoms with Crippen LogP contribution in [0.15, 0.2) is 0 Å². The number of nitrogens with one attached hydrogen (secondary N) is 1. The molecule has 0 unspecified atom stereocenters. The van der Waals surface area contributed by atoms with Crippen molar-refractivity contribution in [2.75, 3.05) is 39.5 Å². The number of aliphatic hydroxyl groups excluding tert-OH is 3. The summed E-state index contributed by atoms with van der Waals surface area (Å²) >= 11 is 0. The molecule has 88 valence electrons. The van der Waals surface area contributed by atoms with Crippen LogP contribution in [0.2, 0.25) is 0 Å². The summed E-state index contributed by atoms with van der Waals surface area (Å²) in [4.78, 5) is 0. The van der Waals surface area contributed by atoms with Gasteiger partial charge in [0, 0.05) is 13.1 Å². The molecule has 0 aromatic heterocycles. The Morgan fingerprint density at radius 1 is 1.14 bits per heavy atom. The van der Waals surface area contributed by atoms with Crippen molar-refractivity contribution in [1.29, 1.82) is 0 Å². The Balaban J connectivity index is 0. The normalized spacial score (nSPS) is 10.7. The van der Waals surface area contributed by atoms with Gasteiger partial charge in [0.1, 0.15) is 0 Å². The highest BCUT2D eigenvalue weighted by Gasteiger charge is 2.20. The monoisotopic (exact) mass is 209 g/mol. The topological polar surface area (TPSA) is 125 Å². The van der Waals surface area contributed by atoms with E-state index >= 15 is 0 Å². The van der Waals surface area contributed by atoms with E-state index < -0.39 is 25.4 Å². The van der Waals surface area contributed by atoms with Gasteiger partial charge in [-0.3, -0.25) is 0 Å². The number of rotatable bonds is 6. The molecule has 14 heavy (non-hydrogen) atoms. The minimum Gasteiger partial charge on any atom is -0.394 e. The van der Waals surface area contributed by atoms with Crippen LogP contribution in [0.4, 0.5) is 0 Å². The molecule has 6 heteroatoms. The zero-order chi connectivity index (χ0) is 11.4. The number of aliphatic hydroxyl groups is 3. The van der Waals surface area contributed by atoms with Gasteiger partial charge in [-0.05, 0) is 6.54 Å². The number of likely N-dealkylation sites (N-methyl/N-ethyl adjacent to an activating group) is 1. The smallest absolute Gasteiger partial charge is 0.0856 e. The summed E-state index contributed by atoms with van der Waals surface area (Å²) in [6, 6.07) is 0. The van der Waals surface area contributed by atoms with E-state index in [4.69, 9.17) is 26.8 Å². The first-order valence-electron chi connectivity index (χ1n) is 4.62. The molecule has 0 heterocycles. The fourth-order valence-corrected chi connectivity index (χ4v) is 0.429. The number of hydrogen-bond donors (Lipinski definition) is 6. The lowest BCUT2D eigenvalue weighted by molar-refractivity contribution is 0.0698. The van der Waals surface area contributed by atoms with E-state index in [1.807, 2.05) is 0 Å². The zero-order valence-corrected chi connectivity index (χ0v) is 8.74. The van der Waals surface area contributed by atoms with Crippen LogP contribution in [0, 0.1) is 0 Å². The van der Waals surface area contributed by atoms with Crippen LogP contribution in [0.3, 0.4) is 0 Å². The van der Waals surface area contributed by atoms with Crippen LogP contribution in [-0.2, 0) is 0 Å². The van der Waals surface area contributed by atoms with Crippen molar-refractivity contribution < 1.29 is 15.3 Å². The molecule has 0 saturated carbocycles. The Bertz CT molecular complexity index is 97.7. The minimum atomic E-state index is -1.21. The van der Waals surface area contributed by atoms with Gasteiger partial charge in [-0.2, -0.15) is 0 Å². The van der Waals surface area contributed by atoms with Crippen LogP contribution in [0.1, 0.15) is 6.92 Å². The third kappa shape index (κ3) is 9.85. The molecule has 0 aromatic rings. The maximum absolute atomic E-state index is 8.34.